The lowest BCUT2D eigenvalue weighted by Gasteiger charge is -2.10. The van der Waals surface area contributed by atoms with Gasteiger partial charge in [-0.3, -0.25) is 0 Å². The molecule has 4 nitrogen and oxygen atoms in total. The van der Waals surface area contributed by atoms with Crippen molar-refractivity contribution in [2.45, 2.75) is 27.3 Å². The molecule has 96 valence electrons. The highest BCUT2D eigenvalue weighted by Gasteiger charge is 2.13. The van der Waals surface area contributed by atoms with Crippen LogP contribution in [0.25, 0.3) is 0 Å². The van der Waals surface area contributed by atoms with Gasteiger partial charge in [0.25, 0.3) is 0 Å². The first-order valence-electron chi connectivity index (χ1n) is 5.89. The van der Waals surface area contributed by atoms with Crippen LogP contribution in [0, 0.1) is 19.7 Å². The van der Waals surface area contributed by atoms with Crippen molar-refractivity contribution in [1.82, 2.24) is 9.78 Å². The summed E-state index contributed by atoms with van der Waals surface area (Å²) >= 11 is 0. The van der Waals surface area contributed by atoms with Crippen LogP contribution in [0.2, 0.25) is 0 Å². The zero-order valence-electron chi connectivity index (χ0n) is 10.8. The summed E-state index contributed by atoms with van der Waals surface area (Å²) in [5.74, 6) is 0.341. The topological polar surface area (TPSA) is 55.9 Å². The Hall–Kier alpha value is -2.04. The summed E-state index contributed by atoms with van der Waals surface area (Å²) in [5.41, 5.74) is 8.52. The Balaban J connectivity index is 2.39. The van der Waals surface area contributed by atoms with Crippen molar-refractivity contribution in [3.63, 3.8) is 0 Å². The number of benzene rings is 1. The van der Waals surface area contributed by atoms with Crippen molar-refractivity contribution in [3.05, 3.63) is 35.3 Å². The Kier molecular flexibility index (Phi) is 3.23. The number of halogens is 1. The molecule has 0 aliphatic rings. The average Bonchev–Trinajstić information content (AvgIpc) is 2.60. The molecule has 0 saturated heterocycles. The zero-order valence-corrected chi connectivity index (χ0v) is 10.8. The molecule has 1 heterocycles. The maximum atomic E-state index is 13.8. The minimum Gasteiger partial charge on any atom is -0.394 e. The molecule has 0 fully saturated rings. The van der Waals surface area contributed by atoms with Gasteiger partial charge in [0.2, 0.25) is 0 Å². The van der Waals surface area contributed by atoms with Crippen molar-refractivity contribution < 1.29 is 4.39 Å². The number of anilines is 3. The van der Waals surface area contributed by atoms with Gasteiger partial charge in [-0.15, -0.1) is 0 Å². The van der Waals surface area contributed by atoms with Gasteiger partial charge in [-0.1, -0.05) is 6.07 Å². The number of nitrogens with two attached hydrogens (primary N) is 1. The van der Waals surface area contributed by atoms with Gasteiger partial charge in [0.1, 0.15) is 5.82 Å². The third kappa shape index (κ3) is 2.16. The molecule has 1 aromatic carbocycles. The Bertz CT molecular complexity index is 575. The van der Waals surface area contributed by atoms with E-state index in [-0.39, 0.29) is 5.82 Å². The number of hydrogen-bond donors (Lipinski definition) is 2. The standard InChI is InChI=1S/C13H17FN4/c1-4-18-13(12(15)9(3)17-18)16-11-6-5-8(2)7-10(11)14/h5-7,16H,4,15H2,1-3H3. The van der Waals surface area contributed by atoms with E-state index in [4.69, 9.17) is 5.73 Å². The van der Waals surface area contributed by atoms with Gasteiger partial charge in [-0.05, 0) is 38.5 Å². The number of nitrogens with zero attached hydrogens (tertiary/aromatic N) is 2. The van der Waals surface area contributed by atoms with Crippen LogP contribution in [0.1, 0.15) is 18.2 Å². The molecule has 0 saturated carbocycles. The van der Waals surface area contributed by atoms with Crippen LogP contribution in [-0.2, 0) is 6.54 Å². The quantitative estimate of drug-likeness (QED) is 0.878. The third-order valence-corrected chi connectivity index (χ3v) is 2.85. The highest BCUT2D eigenvalue weighted by Crippen LogP contribution is 2.27. The number of aromatic nitrogens is 2. The van der Waals surface area contributed by atoms with E-state index in [0.717, 1.165) is 11.3 Å². The summed E-state index contributed by atoms with van der Waals surface area (Å²) < 4.78 is 15.5. The van der Waals surface area contributed by atoms with Crippen molar-refractivity contribution in [1.29, 1.82) is 0 Å². The fourth-order valence-electron chi connectivity index (χ4n) is 1.81. The molecule has 0 unspecified atom stereocenters. The predicted molar refractivity (Wildman–Crippen MR) is 71.5 cm³/mol. The molecule has 0 spiro atoms. The Labute approximate surface area is 106 Å². The molecular formula is C13H17FN4. The first-order chi connectivity index (χ1) is 8.52. The normalized spacial score (nSPS) is 10.7. The van der Waals surface area contributed by atoms with Crippen LogP contribution in [-0.4, -0.2) is 9.78 Å². The van der Waals surface area contributed by atoms with Crippen LogP contribution in [0.4, 0.5) is 21.6 Å². The van der Waals surface area contributed by atoms with Gasteiger partial charge in [-0.25, -0.2) is 9.07 Å². The smallest absolute Gasteiger partial charge is 0.152 e. The number of rotatable bonds is 3. The average molecular weight is 248 g/mol. The Morgan fingerprint density at radius 3 is 2.72 bits per heavy atom. The Morgan fingerprint density at radius 2 is 2.11 bits per heavy atom. The van der Waals surface area contributed by atoms with E-state index in [9.17, 15) is 4.39 Å². The molecule has 0 atom stereocenters. The molecule has 2 aromatic rings. The molecule has 18 heavy (non-hydrogen) atoms. The minimum atomic E-state index is -0.295. The molecule has 0 radical (unpaired) electrons. The Morgan fingerprint density at radius 1 is 1.39 bits per heavy atom. The number of nitrogens with one attached hydrogen (secondary N) is 1. The zero-order chi connectivity index (χ0) is 13.3. The molecule has 3 N–H and O–H groups in total. The first-order valence-corrected chi connectivity index (χ1v) is 5.89. The van der Waals surface area contributed by atoms with E-state index in [1.807, 2.05) is 26.8 Å². The predicted octanol–water partition coefficient (Wildman–Crippen LogP) is 2.98. The molecule has 1 aromatic heterocycles. The first kappa shape index (κ1) is 12.4. The maximum Gasteiger partial charge on any atom is 0.152 e. The number of nitrogen functional groups attached to an aromatic ring is 1. The van der Waals surface area contributed by atoms with Crippen LogP contribution in [0.5, 0.6) is 0 Å². The van der Waals surface area contributed by atoms with Gasteiger partial charge in [0.15, 0.2) is 5.82 Å². The van der Waals surface area contributed by atoms with Crippen molar-refractivity contribution >= 4 is 17.2 Å². The maximum absolute atomic E-state index is 13.8. The number of hydrogen-bond acceptors (Lipinski definition) is 3. The fourth-order valence-corrected chi connectivity index (χ4v) is 1.81. The lowest BCUT2D eigenvalue weighted by Crippen LogP contribution is -2.05. The van der Waals surface area contributed by atoms with E-state index in [0.29, 0.717) is 23.7 Å². The van der Waals surface area contributed by atoms with Crippen molar-refractivity contribution in [3.8, 4) is 0 Å². The summed E-state index contributed by atoms with van der Waals surface area (Å²) in [6.45, 7) is 6.32. The second-order valence-corrected chi connectivity index (χ2v) is 4.27. The summed E-state index contributed by atoms with van der Waals surface area (Å²) in [4.78, 5) is 0. The molecule has 0 aliphatic carbocycles. The van der Waals surface area contributed by atoms with Crippen LogP contribution in [0.3, 0.4) is 0 Å². The molecule has 5 heteroatoms. The van der Waals surface area contributed by atoms with E-state index >= 15 is 0 Å². The third-order valence-electron chi connectivity index (χ3n) is 2.85. The lowest BCUT2D eigenvalue weighted by molar-refractivity contribution is 0.628. The van der Waals surface area contributed by atoms with Gasteiger partial charge in [0.05, 0.1) is 17.1 Å². The second kappa shape index (κ2) is 4.68. The monoisotopic (exact) mass is 248 g/mol. The van der Waals surface area contributed by atoms with Crippen LogP contribution in [0.15, 0.2) is 18.2 Å². The van der Waals surface area contributed by atoms with Crippen LogP contribution < -0.4 is 11.1 Å². The highest BCUT2D eigenvalue weighted by atomic mass is 19.1. The molecular weight excluding hydrogens is 231 g/mol. The summed E-state index contributed by atoms with van der Waals surface area (Å²) in [6, 6.07) is 5.03. The summed E-state index contributed by atoms with van der Waals surface area (Å²) in [6.07, 6.45) is 0. The van der Waals surface area contributed by atoms with Crippen molar-refractivity contribution in [2.75, 3.05) is 11.1 Å². The summed E-state index contributed by atoms with van der Waals surface area (Å²) in [7, 11) is 0. The number of aryl methyl sites for hydroxylation is 3. The van der Waals surface area contributed by atoms with E-state index in [2.05, 4.69) is 10.4 Å². The molecule has 0 bridgehead atoms. The molecule has 0 amide bonds. The lowest BCUT2D eigenvalue weighted by atomic mass is 10.2. The molecule has 0 aliphatic heterocycles. The van der Waals surface area contributed by atoms with E-state index in [1.54, 1.807) is 10.7 Å². The summed E-state index contributed by atoms with van der Waals surface area (Å²) in [5, 5.41) is 7.29. The van der Waals surface area contributed by atoms with E-state index < -0.39 is 0 Å². The second-order valence-electron chi connectivity index (χ2n) is 4.27. The van der Waals surface area contributed by atoms with Gasteiger partial charge in [0, 0.05) is 6.54 Å². The molecule has 2 rings (SSSR count). The minimum absolute atomic E-state index is 0.295. The van der Waals surface area contributed by atoms with Gasteiger partial charge >= 0.3 is 0 Å². The van der Waals surface area contributed by atoms with E-state index in [1.165, 1.54) is 6.07 Å². The van der Waals surface area contributed by atoms with Gasteiger partial charge < -0.3 is 11.1 Å². The highest BCUT2D eigenvalue weighted by molar-refractivity contribution is 5.71. The SMILES string of the molecule is CCn1nc(C)c(N)c1Nc1ccc(C)cc1F. The largest absolute Gasteiger partial charge is 0.394 e. The fraction of sp³-hybridized carbons (Fsp3) is 0.308. The van der Waals surface area contributed by atoms with Crippen LogP contribution >= 0.6 is 0 Å². The van der Waals surface area contributed by atoms with Gasteiger partial charge in [-0.2, -0.15) is 5.10 Å². The van der Waals surface area contributed by atoms with Crippen molar-refractivity contribution in [2.24, 2.45) is 0 Å².